The third-order valence-corrected chi connectivity index (χ3v) is 5.94. The van der Waals surface area contributed by atoms with E-state index in [2.05, 4.69) is 70.2 Å². The molecule has 0 bridgehead atoms. The number of hydrogen-bond donors (Lipinski definition) is 1. The first-order valence-corrected chi connectivity index (χ1v) is 10.7. The number of hydrogen-bond acceptors (Lipinski definition) is 2. The van der Waals surface area contributed by atoms with E-state index in [1.165, 1.54) is 11.1 Å². The molecule has 4 rings (SSSR count). The van der Waals surface area contributed by atoms with E-state index in [4.69, 9.17) is 28.9 Å². The molecular weight excluding hydrogens is 413 g/mol. The van der Waals surface area contributed by atoms with Crippen LogP contribution in [0.4, 0.5) is 0 Å². The van der Waals surface area contributed by atoms with Crippen molar-refractivity contribution in [2.75, 3.05) is 0 Å². The predicted molar refractivity (Wildman–Crippen MR) is 125 cm³/mol. The monoisotopic (exact) mass is 435 g/mol. The highest BCUT2D eigenvalue weighted by molar-refractivity contribution is 6.36. The van der Waals surface area contributed by atoms with Crippen LogP contribution in [0.25, 0.3) is 11.3 Å². The van der Waals surface area contributed by atoms with Crippen molar-refractivity contribution in [3.63, 3.8) is 0 Å². The first-order chi connectivity index (χ1) is 14.7. The van der Waals surface area contributed by atoms with Gasteiger partial charge in [-0.15, -0.1) is 0 Å². The van der Waals surface area contributed by atoms with Crippen LogP contribution in [0.1, 0.15) is 29.2 Å². The summed E-state index contributed by atoms with van der Waals surface area (Å²) in [7, 11) is 0. The maximum atomic E-state index is 6.42. The van der Waals surface area contributed by atoms with Crippen LogP contribution >= 0.6 is 23.2 Å². The van der Waals surface area contributed by atoms with Crippen molar-refractivity contribution in [1.82, 2.24) is 9.55 Å². The average molecular weight is 436 g/mol. The van der Waals surface area contributed by atoms with E-state index in [1.807, 2.05) is 18.5 Å². The summed E-state index contributed by atoms with van der Waals surface area (Å²) in [6, 6.07) is 26.7. The molecule has 0 saturated heterocycles. The first kappa shape index (κ1) is 20.7. The lowest BCUT2D eigenvalue weighted by Crippen LogP contribution is -2.11. The van der Waals surface area contributed by atoms with Crippen LogP contribution in [0.15, 0.2) is 85.2 Å². The van der Waals surface area contributed by atoms with E-state index in [-0.39, 0.29) is 0 Å². The highest BCUT2D eigenvalue weighted by atomic mass is 35.5. The summed E-state index contributed by atoms with van der Waals surface area (Å²) < 4.78 is 2.14. The number of imidazole rings is 1. The van der Waals surface area contributed by atoms with Crippen molar-refractivity contribution >= 4 is 23.2 Å². The Morgan fingerprint density at radius 3 is 2.07 bits per heavy atom. The molecule has 5 heteroatoms. The van der Waals surface area contributed by atoms with Crippen LogP contribution in [0.5, 0.6) is 0 Å². The molecule has 152 valence electrons. The van der Waals surface area contributed by atoms with Crippen molar-refractivity contribution in [3.05, 3.63) is 112 Å². The molecule has 0 aliphatic heterocycles. The largest absolute Gasteiger partial charge is 0.333 e. The van der Waals surface area contributed by atoms with Gasteiger partial charge in [0.1, 0.15) is 0 Å². The molecule has 0 radical (unpaired) electrons. The lowest BCUT2D eigenvalue weighted by Gasteiger charge is -2.19. The molecule has 0 aliphatic rings. The Kier molecular flexibility index (Phi) is 6.53. The van der Waals surface area contributed by atoms with E-state index in [9.17, 15) is 0 Å². The fourth-order valence-corrected chi connectivity index (χ4v) is 4.38. The molecule has 0 spiro atoms. The van der Waals surface area contributed by atoms with E-state index >= 15 is 0 Å². The van der Waals surface area contributed by atoms with Gasteiger partial charge in [-0.1, -0.05) is 83.9 Å². The number of nitrogens with two attached hydrogens (primary N) is 1. The highest BCUT2D eigenvalue weighted by Crippen LogP contribution is 2.33. The van der Waals surface area contributed by atoms with Crippen LogP contribution < -0.4 is 5.73 Å². The summed E-state index contributed by atoms with van der Waals surface area (Å²) in [5.41, 5.74) is 11.4. The second-order valence-electron chi connectivity index (χ2n) is 7.22. The summed E-state index contributed by atoms with van der Waals surface area (Å²) in [6.45, 7) is 1.19. The van der Waals surface area contributed by atoms with Gasteiger partial charge in [0, 0.05) is 29.6 Å². The molecule has 2 N–H and O–H groups in total. The van der Waals surface area contributed by atoms with E-state index in [1.54, 1.807) is 6.07 Å². The fraction of sp³-hybridized carbons (Fsp3) is 0.160. The number of nitrogens with zero attached hydrogens (tertiary/aromatic N) is 2. The highest BCUT2D eigenvalue weighted by Gasteiger charge is 2.18. The molecule has 0 saturated carbocycles. The maximum absolute atomic E-state index is 6.42. The van der Waals surface area contributed by atoms with Gasteiger partial charge < -0.3 is 10.3 Å². The van der Waals surface area contributed by atoms with Crippen molar-refractivity contribution in [3.8, 4) is 11.3 Å². The van der Waals surface area contributed by atoms with E-state index < -0.39 is 0 Å². The molecule has 30 heavy (non-hydrogen) atoms. The zero-order chi connectivity index (χ0) is 20.9. The zero-order valence-corrected chi connectivity index (χ0v) is 18.0. The Bertz CT molecular complexity index is 1070. The van der Waals surface area contributed by atoms with Gasteiger partial charge in [0.15, 0.2) is 0 Å². The Morgan fingerprint density at radius 1 is 0.867 bits per heavy atom. The van der Waals surface area contributed by atoms with Gasteiger partial charge in [-0.25, -0.2) is 4.98 Å². The van der Waals surface area contributed by atoms with Gasteiger partial charge in [0.25, 0.3) is 0 Å². The fourth-order valence-electron chi connectivity index (χ4n) is 3.89. The van der Waals surface area contributed by atoms with Gasteiger partial charge in [-0.3, -0.25) is 0 Å². The number of halogens is 2. The minimum atomic E-state index is 0.294. The Morgan fingerprint density at radius 2 is 1.50 bits per heavy atom. The van der Waals surface area contributed by atoms with Crippen LogP contribution in [0.3, 0.4) is 0 Å². The van der Waals surface area contributed by atoms with E-state index in [0.717, 1.165) is 29.9 Å². The second-order valence-corrected chi connectivity index (χ2v) is 8.07. The van der Waals surface area contributed by atoms with Gasteiger partial charge in [0.2, 0.25) is 0 Å². The molecule has 4 aromatic rings. The molecule has 3 nitrogen and oxygen atoms in total. The summed E-state index contributed by atoms with van der Waals surface area (Å²) in [6.07, 6.45) is 2.79. The molecular formula is C25H23Cl2N3. The average Bonchev–Trinajstić information content (AvgIpc) is 3.18. The van der Waals surface area contributed by atoms with Gasteiger partial charge in [-0.2, -0.15) is 0 Å². The molecule has 0 atom stereocenters. The summed E-state index contributed by atoms with van der Waals surface area (Å²) >= 11 is 12.5. The van der Waals surface area contributed by atoms with E-state index in [0.29, 0.717) is 22.5 Å². The summed E-state index contributed by atoms with van der Waals surface area (Å²) in [5, 5.41) is 1.18. The smallest absolute Gasteiger partial charge is 0.0956 e. The molecule has 0 aliphatic carbocycles. The number of benzene rings is 3. The number of aromatic nitrogens is 2. The van der Waals surface area contributed by atoms with Crippen LogP contribution in [-0.4, -0.2) is 9.55 Å². The lowest BCUT2D eigenvalue weighted by atomic mass is 9.88. The maximum Gasteiger partial charge on any atom is 0.0956 e. The summed E-state index contributed by atoms with van der Waals surface area (Å²) in [5.74, 6) is 0.294. The number of rotatable bonds is 7. The topological polar surface area (TPSA) is 43.8 Å². The van der Waals surface area contributed by atoms with Crippen molar-refractivity contribution in [2.24, 2.45) is 5.73 Å². The van der Waals surface area contributed by atoms with Crippen LogP contribution in [-0.2, 0) is 13.1 Å². The van der Waals surface area contributed by atoms with Crippen LogP contribution in [0.2, 0.25) is 10.0 Å². The quantitative estimate of drug-likeness (QED) is 0.358. The standard InChI is InChI=1S/C25H23Cl2N3/c26-20-11-12-22(23(27)15-20)25-24(16-28)30(17-29-25)14-13-21(18-7-3-1-4-8-18)19-9-5-2-6-10-19/h1-12,15,17,21H,13-14,16,28H2. The second kappa shape index (κ2) is 9.48. The Labute approximate surface area is 187 Å². The SMILES string of the molecule is NCc1c(-c2ccc(Cl)cc2Cl)ncn1CCC(c1ccccc1)c1ccccc1. The number of aryl methyl sites for hydroxylation is 1. The van der Waals surface area contributed by atoms with Crippen molar-refractivity contribution in [1.29, 1.82) is 0 Å². The molecule has 3 aromatic carbocycles. The molecule has 0 fully saturated rings. The van der Waals surface area contributed by atoms with Crippen molar-refractivity contribution in [2.45, 2.75) is 25.4 Å². The van der Waals surface area contributed by atoms with Gasteiger partial charge in [-0.05, 0) is 35.7 Å². The minimum Gasteiger partial charge on any atom is -0.333 e. The third-order valence-electron chi connectivity index (χ3n) is 5.39. The molecule has 0 unspecified atom stereocenters. The predicted octanol–water partition coefficient (Wildman–Crippen LogP) is 6.54. The van der Waals surface area contributed by atoms with Crippen LogP contribution in [0, 0.1) is 0 Å². The minimum absolute atomic E-state index is 0.294. The van der Waals surface area contributed by atoms with Crippen molar-refractivity contribution < 1.29 is 0 Å². The third kappa shape index (κ3) is 4.44. The van der Waals surface area contributed by atoms with Gasteiger partial charge in [0.05, 0.1) is 22.7 Å². The molecule has 0 amide bonds. The Hall–Kier alpha value is -2.59. The summed E-state index contributed by atoms with van der Waals surface area (Å²) in [4.78, 5) is 4.63. The first-order valence-electron chi connectivity index (χ1n) is 9.96. The Balaban J connectivity index is 1.63. The van der Waals surface area contributed by atoms with Gasteiger partial charge >= 0.3 is 0 Å². The zero-order valence-electron chi connectivity index (χ0n) is 16.5. The normalized spacial score (nSPS) is 11.2. The lowest BCUT2D eigenvalue weighted by molar-refractivity contribution is 0.578. The molecule has 1 heterocycles. The molecule has 1 aromatic heterocycles.